The molecular formula is C18H19N3OS. The lowest BCUT2D eigenvalue weighted by Gasteiger charge is -2.09. The van der Waals surface area contributed by atoms with Gasteiger partial charge in [0.25, 0.3) is 0 Å². The smallest absolute Gasteiger partial charge is 0.230 e. The number of carbonyl (C=O) groups is 1. The molecule has 0 bridgehead atoms. The van der Waals surface area contributed by atoms with Crippen LogP contribution >= 0.6 is 11.8 Å². The molecule has 0 atom stereocenters. The van der Waals surface area contributed by atoms with Gasteiger partial charge in [-0.25, -0.2) is 4.98 Å². The second-order valence-electron chi connectivity index (χ2n) is 5.19. The Morgan fingerprint density at radius 3 is 2.65 bits per heavy atom. The highest BCUT2D eigenvalue weighted by Gasteiger charge is 2.13. The van der Waals surface area contributed by atoms with Gasteiger partial charge in [-0.2, -0.15) is 0 Å². The highest BCUT2D eigenvalue weighted by atomic mass is 32.2. The molecule has 0 radical (unpaired) electrons. The maximum absolute atomic E-state index is 11.9. The standard InChI is InChI=1S/C18H19N3OS/c1-2-12-19-17(22)13-23-18-20-15-10-6-7-11-16(15)21(18)14-8-4-3-5-9-14/h3-11H,2,12-13H2,1H3,(H,19,22). The fraction of sp³-hybridized carbons (Fsp3) is 0.222. The van der Waals surface area contributed by atoms with Crippen LogP contribution in [0, 0.1) is 0 Å². The van der Waals surface area contributed by atoms with E-state index in [2.05, 4.69) is 33.1 Å². The van der Waals surface area contributed by atoms with Crippen LogP contribution in [0.3, 0.4) is 0 Å². The van der Waals surface area contributed by atoms with Crippen LogP contribution in [0.4, 0.5) is 0 Å². The molecule has 3 rings (SSSR count). The molecule has 3 aromatic rings. The summed E-state index contributed by atoms with van der Waals surface area (Å²) < 4.78 is 2.10. The van der Waals surface area contributed by atoms with E-state index < -0.39 is 0 Å². The van der Waals surface area contributed by atoms with Gasteiger partial charge in [-0.3, -0.25) is 9.36 Å². The summed E-state index contributed by atoms with van der Waals surface area (Å²) in [6.45, 7) is 2.76. The van der Waals surface area contributed by atoms with Gasteiger partial charge >= 0.3 is 0 Å². The van der Waals surface area contributed by atoms with E-state index in [9.17, 15) is 4.79 Å². The first-order chi connectivity index (χ1) is 11.3. The van der Waals surface area contributed by atoms with Crippen molar-refractivity contribution < 1.29 is 4.79 Å². The minimum atomic E-state index is 0.0449. The SMILES string of the molecule is CCCNC(=O)CSc1nc2ccccc2n1-c1ccccc1. The van der Waals surface area contributed by atoms with E-state index in [0.717, 1.165) is 28.3 Å². The molecule has 1 heterocycles. The van der Waals surface area contributed by atoms with Gasteiger partial charge in [0.15, 0.2) is 5.16 Å². The summed E-state index contributed by atoms with van der Waals surface area (Å²) in [6, 6.07) is 18.1. The third-order valence-corrected chi connectivity index (χ3v) is 4.39. The molecule has 0 unspecified atom stereocenters. The number of nitrogens with one attached hydrogen (secondary N) is 1. The maximum Gasteiger partial charge on any atom is 0.230 e. The molecule has 1 amide bonds. The first-order valence-electron chi connectivity index (χ1n) is 7.72. The zero-order chi connectivity index (χ0) is 16.1. The molecule has 23 heavy (non-hydrogen) atoms. The van der Waals surface area contributed by atoms with Gasteiger partial charge < -0.3 is 5.32 Å². The summed E-state index contributed by atoms with van der Waals surface area (Å²) >= 11 is 1.47. The van der Waals surface area contributed by atoms with Crippen LogP contribution in [0.1, 0.15) is 13.3 Å². The summed E-state index contributed by atoms with van der Waals surface area (Å²) in [5, 5.41) is 3.74. The Hall–Kier alpha value is -2.27. The molecule has 0 spiro atoms. The van der Waals surface area contributed by atoms with Gasteiger partial charge in [0.2, 0.25) is 5.91 Å². The zero-order valence-corrected chi connectivity index (χ0v) is 13.8. The van der Waals surface area contributed by atoms with Gasteiger partial charge in [0.05, 0.1) is 16.8 Å². The number of hydrogen-bond acceptors (Lipinski definition) is 3. The van der Waals surface area contributed by atoms with Crippen molar-refractivity contribution in [3.05, 3.63) is 54.6 Å². The van der Waals surface area contributed by atoms with Gasteiger partial charge in [-0.1, -0.05) is 49.0 Å². The average Bonchev–Trinajstić information content (AvgIpc) is 2.97. The lowest BCUT2D eigenvalue weighted by atomic mass is 10.3. The van der Waals surface area contributed by atoms with Crippen molar-refractivity contribution in [3.63, 3.8) is 0 Å². The summed E-state index contributed by atoms with van der Waals surface area (Å²) in [5.74, 6) is 0.416. The van der Waals surface area contributed by atoms with Gasteiger partial charge in [-0.05, 0) is 30.7 Å². The predicted molar refractivity (Wildman–Crippen MR) is 95.1 cm³/mol. The van der Waals surface area contributed by atoms with Crippen LogP contribution in [0.15, 0.2) is 59.8 Å². The van der Waals surface area contributed by atoms with E-state index in [0.29, 0.717) is 12.3 Å². The second-order valence-corrected chi connectivity index (χ2v) is 6.14. The van der Waals surface area contributed by atoms with Crippen LogP contribution < -0.4 is 5.32 Å². The zero-order valence-electron chi connectivity index (χ0n) is 13.0. The lowest BCUT2D eigenvalue weighted by Crippen LogP contribution is -2.25. The van der Waals surface area contributed by atoms with Crippen molar-refractivity contribution in [2.45, 2.75) is 18.5 Å². The number of aromatic nitrogens is 2. The van der Waals surface area contributed by atoms with Crippen LogP contribution in [-0.2, 0) is 4.79 Å². The van der Waals surface area contributed by atoms with Crippen LogP contribution in [0.2, 0.25) is 0 Å². The van der Waals surface area contributed by atoms with Crippen molar-refractivity contribution in [1.29, 1.82) is 0 Å². The summed E-state index contributed by atoms with van der Waals surface area (Å²) in [4.78, 5) is 16.6. The number of thioether (sulfide) groups is 1. The predicted octanol–water partition coefficient (Wildman–Crippen LogP) is 3.64. The lowest BCUT2D eigenvalue weighted by molar-refractivity contribution is -0.118. The second kappa shape index (κ2) is 7.33. The molecule has 2 aromatic carbocycles. The number of hydrogen-bond donors (Lipinski definition) is 1. The number of nitrogens with zero attached hydrogens (tertiary/aromatic N) is 2. The molecule has 0 fully saturated rings. The molecule has 1 aromatic heterocycles. The molecule has 0 aliphatic heterocycles. The Morgan fingerprint density at radius 1 is 1.13 bits per heavy atom. The number of para-hydroxylation sites is 3. The van der Waals surface area contributed by atoms with Crippen molar-refractivity contribution in [2.24, 2.45) is 0 Å². The maximum atomic E-state index is 11.9. The van der Waals surface area contributed by atoms with Gasteiger partial charge in [-0.15, -0.1) is 0 Å². The van der Waals surface area contributed by atoms with Crippen molar-refractivity contribution in [2.75, 3.05) is 12.3 Å². The minimum absolute atomic E-state index is 0.0449. The number of carbonyl (C=O) groups excluding carboxylic acids is 1. The molecule has 0 aliphatic carbocycles. The summed E-state index contributed by atoms with van der Waals surface area (Å²) in [7, 11) is 0. The molecule has 0 saturated heterocycles. The Balaban J connectivity index is 1.92. The molecule has 118 valence electrons. The van der Waals surface area contributed by atoms with Crippen LogP contribution in [0.5, 0.6) is 0 Å². The molecule has 0 aliphatic rings. The monoisotopic (exact) mass is 325 g/mol. The van der Waals surface area contributed by atoms with Gasteiger partial charge in [0, 0.05) is 12.2 Å². The van der Waals surface area contributed by atoms with E-state index in [4.69, 9.17) is 0 Å². The molecule has 4 nitrogen and oxygen atoms in total. The van der Waals surface area contributed by atoms with E-state index >= 15 is 0 Å². The average molecular weight is 325 g/mol. The van der Waals surface area contributed by atoms with E-state index in [1.54, 1.807) is 0 Å². The van der Waals surface area contributed by atoms with Crippen molar-refractivity contribution in [1.82, 2.24) is 14.9 Å². The first-order valence-corrected chi connectivity index (χ1v) is 8.70. The number of amides is 1. The van der Waals surface area contributed by atoms with E-state index in [-0.39, 0.29) is 5.91 Å². The van der Waals surface area contributed by atoms with Crippen LogP contribution in [-0.4, -0.2) is 27.8 Å². The topological polar surface area (TPSA) is 46.9 Å². The van der Waals surface area contributed by atoms with E-state index in [1.807, 2.05) is 43.3 Å². The van der Waals surface area contributed by atoms with Crippen molar-refractivity contribution >= 4 is 28.7 Å². The minimum Gasteiger partial charge on any atom is -0.355 e. The van der Waals surface area contributed by atoms with E-state index in [1.165, 1.54) is 11.8 Å². The number of rotatable bonds is 6. The number of imidazole rings is 1. The molecule has 0 saturated carbocycles. The van der Waals surface area contributed by atoms with Gasteiger partial charge in [0.1, 0.15) is 0 Å². The Kier molecular flexibility index (Phi) is 4.98. The third-order valence-electron chi connectivity index (χ3n) is 3.45. The normalized spacial score (nSPS) is 10.8. The Labute approximate surface area is 139 Å². The largest absolute Gasteiger partial charge is 0.355 e. The quantitative estimate of drug-likeness (QED) is 0.704. The Bertz CT molecular complexity index is 798. The highest BCUT2D eigenvalue weighted by molar-refractivity contribution is 7.99. The molecular weight excluding hydrogens is 306 g/mol. The summed E-state index contributed by atoms with van der Waals surface area (Å²) in [5.41, 5.74) is 3.04. The fourth-order valence-corrected chi connectivity index (χ4v) is 3.23. The summed E-state index contributed by atoms with van der Waals surface area (Å²) in [6.07, 6.45) is 0.943. The Morgan fingerprint density at radius 2 is 1.87 bits per heavy atom. The third kappa shape index (κ3) is 3.56. The number of fused-ring (bicyclic) bond motifs is 1. The van der Waals surface area contributed by atoms with Crippen LogP contribution in [0.25, 0.3) is 16.7 Å². The fourth-order valence-electron chi connectivity index (χ4n) is 2.37. The first kappa shape index (κ1) is 15.6. The molecule has 5 heteroatoms. The molecule has 1 N–H and O–H groups in total. The number of benzene rings is 2. The highest BCUT2D eigenvalue weighted by Crippen LogP contribution is 2.27. The van der Waals surface area contributed by atoms with Crippen molar-refractivity contribution in [3.8, 4) is 5.69 Å².